The van der Waals surface area contributed by atoms with Crippen LogP contribution in [0.1, 0.15) is 43.2 Å². The van der Waals surface area contributed by atoms with E-state index in [0.29, 0.717) is 0 Å². The Balaban J connectivity index is 1.63. The molecule has 154 valence electrons. The molecule has 5 rings (SSSR count). The molecular weight excluding hydrogens is 386 g/mol. The van der Waals surface area contributed by atoms with E-state index in [1.807, 2.05) is 25.1 Å². The summed E-state index contributed by atoms with van der Waals surface area (Å²) in [5.41, 5.74) is 1.69. The van der Waals surface area contributed by atoms with Gasteiger partial charge in [-0.25, -0.2) is 0 Å². The first-order valence-electron chi connectivity index (χ1n) is 10.6. The SMILES string of the molecule is CSCC[C@H]1[NH2+][C@@]2(C(=O)Nc3ccc(C)cc32)[C@@H]2C(=O)N(C3CCCC3)C(=O)[C@@H]21. The molecule has 6 nitrogen and oxygen atoms in total. The first-order chi connectivity index (χ1) is 14.0. The van der Waals surface area contributed by atoms with Gasteiger partial charge in [0, 0.05) is 18.0 Å². The molecule has 4 aliphatic rings. The molecule has 0 aromatic heterocycles. The van der Waals surface area contributed by atoms with E-state index in [1.165, 1.54) is 0 Å². The van der Waals surface area contributed by atoms with Crippen LogP contribution in [0.5, 0.6) is 0 Å². The minimum atomic E-state index is -1.02. The second kappa shape index (κ2) is 6.84. The third-order valence-corrected chi connectivity index (χ3v) is 8.05. The first-order valence-corrected chi connectivity index (χ1v) is 12.0. The number of quaternary nitrogens is 1. The van der Waals surface area contributed by atoms with E-state index in [0.717, 1.165) is 54.7 Å². The largest absolute Gasteiger partial charge is 0.326 e. The number of carbonyl (C=O) groups excluding carboxylic acids is 3. The summed E-state index contributed by atoms with van der Waals surface area (Å²) in [6.07, 6.45) is 6.78. The minimum Gasteiger partial charge on any atom is -0.326 e. The Morgan fingerprint density at radius 1 is 1.21 bits per heavy atom. The lowest BCUT2D eigenvalue weighted by Gasteiger charge is -2.29. The number of hydrogen-bond donors (Lipinski definition) is 2. The molecule has 1 aromatic carbocycles. The number of nitrogens with zero attached hydrogens (tertiary/aromatic N) is 1. The molecule has 1 aromatic rings. The van der Waals surface area contributed by atoms with Crippen molar-refractivity contribution in [2.75, 3.05) is 17.3 Å². The van der Waals surface area contributed by atoms with Gasteiger partial charge < -0.3 is 10.6 Å². The molecule has 7 heteroatoms. The van der Waals surface area contributed by atoms with Crippen LogP contribution in [-0.4, -0.2) is 46.7 Å². The summed E-state index contributed by atoms with van der Waals surface area (Å²) in [6.45, 7) is 2.00. The van der Waals surface area contributed by atoms with Gasteiger partial charge in [0.15, 0.2) is 0 Å². The monoisotopic (exact) mass is 414 g/mol. The van der Waals surface area contributed by atoms with E-state index in [9.17, 15) is 14.4 Å². The second-order valence-corrected chi connectivity index (χ2v) is 9.96. The van der Waals surface area contributed by atoms with Crippen LogP contribution in [0.15, 0.2) is 18.2 Å². The van der Waals surface area contributed by atoms with Crippen molar-refractivity contribution in [2.24, 2.45) is 11.8 Å². The summed E-state index contributed by atoms with van der Waals surface area (Å²) >= 11 is 1.74. The van der Waals surface area contributed by atoms with Crippen LogP contribution in [-0.2, 0) is 19.9 Å². The summed E-state index contributed by atoms with van der Waals surface area (Å²) in [5, 5.41) is 5.07. The molecule has 3 aliphatic heterocycles. The Morgan fingerprint density at radius 3 is 2.69 bits per heavy atom. The molecule has 1 spiro atoms. The van der Waals surface area contributed by atoms with Gasteiger partial charge in [-0.1, -0.05) is 24.5 Å². The number of amides is 3. The van der Waals surface area contributed by atoms with Crippen LogP contribution in [0.4, 0.5) is 5.69 Å². The van der Waals surface area contributed by atoms with Crippen LogP contribution in [0.25, 0.3) is 0 Å². The third-order valence-electron chi connectivity index (χ3n) is 7.40. The van der Waals surface area contributed by atoms with Gasteiger partial charge >= 0.3 is 0 Å². The summed E-state index contributed by atoms with van der Waals surface area (Å²) in [4.78, 5) is 42.2. The number of hydrogen-bond acceptors (Lipinski definition) is 4. The van der Waals surface area contributed by atoms with Gasteiger partial charge in [0.05, 0.1) is 5.69 Å². The Hall–Kier alpha value is -1.86. The number of imide groups is 1. The van der Waals surface area contributed by atoms with Crippen molar-refractivity contribution in [3.8, 4) is 0 Å². The number of thioether (sulfide) groups is 1. The van der Waals surface area contributed by atoms with Gasteiger partial charge in [0.1, 0.15) is 17.9 Å². The second-order valence-electron chi connectivity index (χ2n) is 8.97. The normalized spacial score (nSPS) is 33.7. The molecule has 4 atom stereocenters. The smallest absolute Gasteiger partial charge is 0.291 e. The summed E-state index contributed by atoms with van der Waals surface area (Å²) in [6, 6.07) is 5.88. The van der Waals surface area contributed by atoms with Crippen molar-refractivity contribution in [3.05, 3.63) is 29.3 Å². The van der Waals surface area contributed by atoms with Crippen LogP contribution in [0, 0.1) is 18.8 Å². The first kappa shape index (κ1) is 19.1. The minimum absolute atomic E-state index is 0.0142. The molecule has 0 radical (unpaired) electrons. The molecule has 1 saturated carbocycles. The zero-order valence-electron chi connectivity index (χ0n) is 16.9. The molecule has 0 bridgehead atoms. The molecule has 2 saturated heterocycles. The maximum absolute atomic E-state index is 13.7. The zero-order chi connectivity index (χ0) is 20.3. The molecule has 1 aliphatic carbocycles. The van der Waals surface area contributed by atoms with E-state index >= 15 is 0 Å². The summed E-state index contributed by atoms with van der Waals surface area (Å²) in [5.74, 6) is -0.417. The van der Waals surface area contributed by atoms with Gasteiger partial charge in [0.25, 0.3) is 5.91 Å². The Morgan fingerprint density at radius 2 is 1.97 bits per heavy atom. The van der Waals surface area contributed by atoms with E-state index in [2.05, 4.69) is 16.9 Å². The van der Waals surface area contributed by atoms with Crippen LogP contribution in [0.3, 0.4) is 0 Å². The molecule has 3 amide bonds. The fourth-order valence-electron chi connectivity index (χ4n) is 6.14. The number of carbonyl (C=O) groups is 3. The van der Waals surface area contributed by atoms with E-state index in [4.69, 9.17) is 0 Å². The average Bonchev–Trinajstić information content (AvgIpc) is 3.43. The van der Waals surface area contributed by atoms with Crippen molar-refractivity contribution in [1.82, 2.24) is 4.90 Å². The summed E-state index contributed by atoms with van der Waals surface area (Å²) < 4.78 is 0. The average molecular weight is 415 g/mol. The summed E-state index contributed by atoms with van der Waals surface area (Å²) in [7, 11) is 0. The highest BCUT2D eigenvalue weighted by Gasteiger charge is 2.74. The van der Waals surface area contributed by atoms with Gasteiger partial charge in [-0.2, -0.15) is 11.8 Å². The number of benzene rings is 1. The number of fused-ring (bicyclic) bond motifs is 4. The Kier molecular flexibility index (Phi) is 4.51. The van der Waals surface area contributed by atoms with Crippen LogP contribution < -0.4 is 10.6 Å². The maximum Gasteiger partial charge on any atom is 0.291 e. The molecular formula is C22H28N3O3S+. The van der Waals surface area contributed by atoms with Crippen LogP contribution in [0.2, 0.25) is 0 Å². The quantitative estimate of drug-likeness (QED) is 0.730. The predicted molar refractivity (Wildman–Crippen MR) is 111 cm³/mol. The van der Waals surface area contributed by atoms with Crippen molar-refractivity contribution in [1.29, 1.82) is 0 Å². The van der Waals surface area contributed by atoms with E-state index in [-0.39, 0.29) is 29.8 Å². The third kappa shape index (κ3) is 2.56. The van der Waals surface area contributed by atoms with E-state index in [1.54, 1.807) is 16.7 Å². The number of aryl methyl sites for hydroxylation is 1. The van der Waals surface area contributed by atoms with Crippen molar-refractivity contribution >= 4 is 35.2 Å². The topological polar surface area (TPSA) is 83.1 Å². The van der Waals surface area contributed by atoms with Gasteiger partial charge in [0.2, 0.25) is 17.4 Å². The highest BCUT2D eigenvalue weighted by molar-refractivity contribution is 7.98. The fourth-order valence-corrected chi connectivity index (χ4v) is 6.65. The Labute approximate surface area is 175 Å². The number of rotatable bonds is 4. The number of likely N-dealkylation sites (tertiary alicyclic amines) is 1. The highest BCUT2D eigenvalue weighted by Crippen LogP contribution is 2.50. The molecule has 0 unspecified atom stereocenters. The van der Waals surface area contributed by atoms with Crippen molar-refractivity contribution in [3.63, 3.8) is 0 Å². The lowest BCUT2D eigenvalue weighted by atomic mass is 9.76. The highest BCUT2D eigenvalue weighted by atomic mass is 32.2. The van der Waals surface area contributed by atoms with Gasteiger partial charge in [-0.15, -0.1) is 0 Å². The lowest BCUT2D eigenvalue weighted by Crippen LogP contribution is -2.99. The Bertz CT molecular complexity index is 897. The predicted octanol–water partition coefficient (Wildman–Crippen LogP) is 1.38. The van der Waals surface area contributed by atoms with Gasteiger partial charge in [-0.05, 0) is 43.9 Å². The fraction of sp³-hybridized carbons (Fsp3) is 0.591. The van der Waals surface area contributed by atoms with Gasteiger partial charge in [-0.3, -0.25) is 19.3 Å². The molecule has 3 N–H and O–H groups in total. The molecule has 3 heterocycles. The number of nitrogens with one attached hydrogen (secondary N) is 1. The zero-order valence-corrected chi connectivity index (χ0v) is 17.8. The van der Waals surface area contributed by atoms with Crippen LogP contribution >= 0.6 is 11.8 Å². The molecule has 3 fully saturated rings. The standard InChI is InChI=1S/C22H27N3O3S/c1-12-7-8-15-14(11-12)22(21(28)23-15)18-17(16(24-22)9-10-29-2)19(26)25(20(18)27)13-5-3-4-6-13/h7-8,11,13,16-18,24H,3-6,9-10H2,1-2H3,(H,23,28)/p+1/t16-,17-,18+,22-/m1/s1. The van der Waals surface area contributed by atoms with Crippen molar-refractivity contribution < 1.29 is 19.7 Å². The maximum atomic E-state index is 13.7. The molecule has 29 heavy (non-hydrogen) atoms. The number of anilines is 1. The van der Waals surface area contributed by atoms with E-state index < -0.39 is 17.4 Å². The number of nitrogens with two attached hydrogens (primary N) is 1. The van der Waals surface area contributed by atoms with Crippen molar-refractivity contribution in [2.45, 2.75) is 56.7 Å². The lowest BCUT2D eigenvalue weighted by molar-refractivity contribution is -0.733.